The van der Waals surface area contributed by atoms with Gasteiger partial charge in [0, 0.05) is 16.3 Å². The molecular formula is C16H15BrN2O3. The van der Waals surface area contributed by atoms with Crippen molar-refractivity contribution >= 4 is 33.7 Å². The number of carbonyl (C=O) groups is 1. The van der Waals surface area contributed by atoms with E-state index in [1.165, 1.54) is 12.3 Å². The van der Waals surface area contributed by atoms with E-state index in [9.17, 15) is 15.0 Å². The molecule has 0 fully saturated rings. The fourth-order valence-corrected chi connectivity index (χ4v) is 2.17. The number of amides is 1. The number of rotatable bonds is 4. The van der Waals surface area contributed by atoms with Gasteiger partial charge in [-0.05, 0) is 42.8 Å². The molecule has 0 radical (unpaired) electrons. The quantitative estimate of drug-likeness (QED) is 0.576. The number of phenolic OH excluding ortho intramolecular Hbond substituents is 2. The Morgan fingerprint density at radius 1 is 1.23 bits per heavy atom. The van der Waals surface area contributed by atoms with Crippen molar-refractivity contribution < 1.29 is 15.0 Å². The minimum atomic E-state index is -0.357. The average Bonchev–Trinajstić information content (AvgIpc) is 2.46. The van der Waals surface area contributed by atoms with E-state index in [2.05, 4.69) is 26.2 Å². The van der Waals surface area contributed by atoms with Crippen molar-refractivity contribution in [2.24, 2.45) is 4.99 Å². The Morgan fingerprint density at radius 2 is 2.00 bits per heavy atom. The minimum Gasteiger partial charge on any atom is -0.507 e. The molecule has 0 aliphatic carbocycles. The van der Waals surface area contributed by atoms with Gasteiger partial charge in [-0.15, -0.1) is 0 Å². The summed E-state index contributed by atoms with van der Waals surface area (Å²) < 4.78 is 0.806. The van der Waals surface area contributed by atoms with E-state index in [1.54, 1.807) is 30.3 Å². The van der Waals surface area contributed by atoms with Gasteiger partial charge in [0.1, 0.15) is 18.0 Å². The van der Waals surface area contributed by atoms with E-state index >= 15 is 0 Å². The van der Waals surface area contributed by atoms with E-state index in [1.807, 2.05) is 6.92 Å². The van der Waals surface area contributed by atoms with Crippen molar-refractivity contribution in [3.05, 3.63) is 52.0 Å². The van der Waals surface area contributed by atoms with Crippen LogP contribution in [0.15, 0.2) is 45.9 Å². The number of phenols is 2. The van der Waals surface area contributed by atoms with Crippen LogP contribution in [-0.4, -0.2) is 28.9 Å². The SMILES string of the molecule is Cc1ccc(NC(=O)CN=Cc2cc(Br)ccc2O)c(O)c1. The molecule has 0 aliphatic rings. The van der Waals surface area contributed by atoms with E-state index in [-0.39, 0.29) is 24.0 Å². The van der Waals surface area contributed by atoms with Gasteiger partial charge in [-0.1, -0.05) is 22.0 Å². The van der Waals surface area contributed by atoms with Gasteiger partial charge >= 0.3 is 0 Å². The summed E-state index contributed by atoms with van der Waals surface area (Å²) in [7, 11) is 0. The summed E-state index contributed by atoms with van der Waals surface area (Å²) >= 11 is 3.30. The zero-order chi connectivity index (χ0) is 16.1. The van der Waals surface area contributed by atoms with Crippen molar-refractivity contribution in [1.29, 1.82) is 0 Å². The lowest BCUT2D eigenvalue weighted by Crippen LogP contribution is -2.15. The van der Waals surface area contributed by atoms with Crippen LogP contribution in [0.2, 0.25) is 0 Å². The number of halogens is 1. The number of benzene rings is 2. The smallest absolute Gasteiger partial charge is 0.246 e. The summed E-state index contributed by atoms with van der Waals surface area (Å²) in [5.41, 5.74) is 1.76. The Labute approximate surface area is 136 Å². The third kappa shape index (κ3) is 4.33. The second kappa shape index (κ2) is 7.09. The highest BCUT2D eigenvalue weighted by Gasteiger charge is 2.06. The Bertz CT molecular complexity index is 729. The fraction of sp³-hybridized carbons (Fsp3) is 0.125. The number of nitrogens with one attached hydrogen (secondary N) is 1. The summed E-state index contributed by atoms with van der Waals surface area (Å²) in [5.74, 6) is -0.254. The van der Waals surface area contributed by atoms with Crippen LogP contribution in [0.3, 0.4) is 0 Å². The van der Waals surface area contributed by atoms with Crippen LogP contribution in [0, 0.1) is 6.92 Å². The van der Waals surface area contributed by atoms with Crippen LogP contribution in [0.5, 0.6) is 11.5 Å². The van der Waals surface area contributed by atoms with Gasteiger partial charge in [0.15, 0.2) is 0 Å². The average molecular weight is 363 g/mol. The highest BCUT2D eigenvalue weighted by molar-refractivity contribution is 9.10. The van der Waals surface area contributed by atoms with E-state index in [0.717, 1.165) is 10.0 Å². The molecular weight excluding hydrogens is 348 g/mol. The molecule has 2 aromatic rings. The first-order valence-electron chi connectivity index (χ1n) is 6.53. The van der Waals surface area contributed by atoms with Crippen LogP contribution in [0.1, 0.15) is 11.1 Å². The first-order valence-corrected chi connectivity index (χ1v) is 7.33. The number of aromatic hydroxyl groups is 2. The third-order valence-corrected chi connectivity index (χ3v) is 3.38. The van der Waals surface area contributed by atoms with Gasteiger partial charge in [0.25, 0.3) is 0 Å². The first kappa shape index (κ1) is 16.0. The summed E-state index contributed by atoms with van der Waals surface area (Å²) in [6.07, 6.45) is 1.43. The molecule has 0 saturated carbocycles. The molecule has 0 saturated heterocycles. The zero-order valence-corrected chi connectivity index (χ0v) is 13.5. The second-order valence-corrected chi connectivity index (χ2v) is 5.66. The number of aliphatic imine (C=N–C) groups is 1. The third-order valence-electron chi connectivity index (χ3n) is 2.88. The van der Waals surface area contributed by atoms with Gasteiger partial charge < -0.3 is 15.5 Å². The topological polar surface area (TPSA) is 81.9 Å². The van der Waals surface area contributed by atoms with Gasteiger partial charge in [-0.25, -0.2) is 0 Å². The van der Waals surface area contributed by atoms with Crippen LogP contribution < -0.4 is 5.32 Å². The van der Waals surface area contributed by atoms with Gasteiger partial charge in [-0.2, -0.15) is 0 Å². The molecule has 6 heteroatoms. The molecule has 2 aromatic carbocycles. The standard InChI is InChI=1S/C16H15BrN2O3/c1-10-2-4-13(15(21)6-10)19-16(22)9-18-8-11-7-12(17)3-5-14(11)20/h2-8,20-21H,9H2,1H3,(H,19,22). The molecule has 0 spiro atoms. The van der Waals surface area contributed by atoms with Crippen LogP contribution in [-0.2, 0) is 4.79 Å². The van der Waals surface area contributed by atoms with E-state index < -0.39 is 0 Å². The maximum absolute atomic E-state index is 11.8. The van der Waals surface area contributed by atoms with Crippen molar-refractivity contribution in [2.75, 3.05) is 11.9 Å². The minimum absolute atomic E-state index is 0.0157. The monoisotopic (exact) mass is 362 g/mol. The van der Waals surface area contributed by atoms with E-state index in [0.29, 0.717) is 11.3 Å². The number of carbonyl (C=O) groups excluding carboxylic acids is 1. The molecule has 114 valence electrons. The van der Waals surface area contributed by atoms with Crippen molar-refractivity contribution in [2.45, 2.75) is 6.92 Å². The summed E-state index contributed by atoms with van der Waals surface area (Å²) in [4.78, 5) is 15.8. The van der Waals surface area contributed by atoms with E-state index in [4.69, 9.17) is 0 Å². The number of hydrogen-bond donors (Lipinski definition) is 3. The Morgan fingerprint density at radius 3 is 2.73 bits per heavy atom. The predicted molar refractivity (Wildman–Crippen MR) is 89.7 cm³/mol. The number of anilines is 1. The first-order chi connectivity index (χ1) is 10.5. The molecule has 0 atom stereocenters. The van der Waals surface area contributed by atoms with Gasteiger partial charge in [0.05, 0.1) is 5.69 Å². The van der Waals surface area contributed by atoms with Crippen molar-refractivity contribution in [3.63, 3.8) is 0 Å². The second-order valence-electron chi connectivity index (χ2n) is 4.74. The molecule has 0 bridgehead atoms. The molecule has 0 aromatic heterocycles. The number of hydrogen-bond acceptors (Lipinski definition) is 4. The number of nitrogens with zero attached hydrogens (tertiary/aromatic N) is 1. The molecule has 1 amide bonds. The zero-order valence-electron chi connectivity index (χ0n) is 11.9. The Kier molecular flexibility index (Phi) is 5.16. The Hall–Kier alpha value is -2.34. The number of aryl methyl sites for hydroxylation is 1. The molecule has 22 heavy (non-hydrogen) atoms. The molecule has 0 aliphatic heterocycles. The van der Waals surface area contributed by atoms with Gasteiger partial charge in [-0.3, -0.25) is 9.79 Å². The summed E-state index contributed by atoms with van der Waals surface area (Å²) in [6.45, 7) is 1.74. The molecule has 0 unspecified atom stereocenters. The molecule has 2 rings (SSSR count). The lowest BCUT2D eigenvalue weighted by molar-refractivity contribution is -0.114. The summed E-state index contributed by atoms with van der Waals surface area (Å²) in [6, 6.07) is 9.93. The highest BCUT2D eigenvalue weighted by atomic mass is 79.9. The molecule has 5 nitrogen and oxygen atoms in total. The fourth-order valence-electron chi connectivity index (χ4n) is 1.79. The normalized spacial score (nSPS) is 10.8. The van der Waals surface area contributed by atoms with Crippen LogP contribution in [0.25, 0.3) is 0 Å². The van der Waals surface area contributed by atoms with Crippen LogP contribution >= 0.6 is 15.9 Å². The lowest BCUT2D eigenvalue weighted by Gasteiger charge is -2.06. The maximum atomic E-state index is 11.8. The predicted octanol–water partition coefficient (Wildman–Crippen LogP) is 3.23. The van der Waals surface area contributed by atoms with Gasteiger partial charge in [0.2, 0.25) is 5.91 Å². The Balaban J connectivity index is 1.98. The highest BCUT2D eigenvalue weighted by Crippen LogP contribution is 2.23. The maximum Gasteiger partial charge on any atom is 0.246 e. The lowest BCUT2D eigenvalue weighted by atomic mass is 10.2. The summed E-state index contributed by atoms with van der Waals surface area (Å²) in [5, 5.41) is 21.9. The largest absolute Gasteiger partial charge is 0.507 e. The van der Waals surface area contributed by atoms with Crippen molar-refractivity contribution in [3.8, 4) is 11.5 Å². The van der Waals surface area contributed by atoms with Crippen molar-refractivity contribution in [1.82, 2.24) is 0 Å². The van der Waals surface area contributed by atoms with Crippen LogP contribution in [0.4, 0.5) is 5.69 Å². The molecule has 0 heterocycles. The molecule has 3 N–H and O–H groups in total.